The molecule has 0 spiro atoms. The molecule has 1 aromatic carbocycles. The Hall–Kier alpha value is -0.900. The van der Waals surface area contributed by atoms with Crippen molar-refractivity contribution in [3.05, 3.63) is 35.4 Å². The minimum absolute atomic E-state index is 0.236. The first kappa shape index (κ1) is 14.5. The highest BCUT2D eigenvalue weighted by molar-refractivity contribution is 5.27. The number of methoxy groups -OCH3 is 1. The van der Waals surface area contributed by atoms with Gasteiger partial charge < -0.3 is 10.5 Å². The van der Waals surface area contributed by atoms with Crippen LogP contribution in [0.5, 0.6) is 0 Å². The summed E-state index contributed by atoms with van der Waals surface area (Å²) in [6.45, 7) is 5.11. The zero-order valence-electron chi connectivity index (χ0n) is 12.1. The van der Waals surface area contributed by atoms with Gasteiger partial charge in [-0.2, -0.15) is 0 Å². The average Bonchev–Trinajstić information content (AvgIpc) is 2.61. The second-order valence-corrected chi connectivity index (χ2v) is 5.41. The molecule has 3 heteroatoms. The summed E-state index contributed by atoms with van der Waals surface area (Å²) in [4.78, 5) is 2.52. The molecule has 0 radical (unpaired) electrons. The first-order valence-electron chi connectivity index (χ1n) is 7.33. The van der Waals surface area contributed by atoms with Crippen LogP contribution in [0.3, 0.4) is 0 Å². The second-order valence-electron chi connectivity index (χ2n) is 5.41. The van der Waals surface area contributed by atoms with Gasteiger partial charge in [0.05, 0.1) is 6.61 Å². The third-order valence-corrected chi connectivity index (χ3v) is 4.04. The van der Waals surface area contributed by atoms with Gasteiger partial charge in [-0.05, 0) is 37.1 Å². The van der Waals surface area contributed by atoms with E-state index in [4.69, 9.17) is 10.5 Å². The van der Waals surface area contributed by atoms with Gasteiger partial charge in [-0.25, -0.2) is 0 Å². The number of ether oxygens (including phenoxy) is 1. The number of nitrogens with zero attached hydrogens (tertiary/aromatic N) is 1. The predicted molar refractivity (Wildman–Crippen MR) is 79.0 cm³/mol. The fourth-order valence-corrected chi connectivity index (χ4v) is 3.11. The molecule has 2 unspecified atom stereocenters. The van der Waals surface area contributed by atoms with Crippen LogP contribution < -0.4 is 5.73 Å². The molecule has 0 saturated carbocycles. The zero-order valence-corrected chi connectivity index (χ0v) is 12.1. The maximum Gasteiger partial charge on any atom is 0.0713 e. The highest BCUT2D eigenvalue weighted by Crippen LogP contribution is 2.29. The smallest absolute Gasteiger partial charge is 0.0713 e. The largest absolute Gasteiger partial charge is 0.380 e. The van der Waals surface area contributed by atoms with E-state index in [9.17, 15) is 0 Å². The fourth-order valence-electron chi connectivity index (χ4n) is 3.11. The molecule has 1 aromatic rings. The lowest BCUT2D eigenvalue weighted by molar-refractivity contribution is 0.182. The van der Waals surface area contributed by atoms with Gasteiger partial charge in [0.1, 0.15) is 0 Å². The van der Waals surface area contributed by atoms with Crippen molar-refractivity contribution in [3.8, 4) is 0 Å². The van der Waals surface area contributed by atoms with Crippen molar-refractivity contribution in [1.82, 2.24) is 4.90 Å². The van der Waals surface area contributed by atoms with Crippen molar-refractivity contribution in [2.75, 3.05) is 20.2 Å². The van der Waals surface area contributed by atoms with Gasteiger partial charge >= 0.3 is 0 Å². The summed E-state index contributed by atoms with van der Waals surface area (Å²) in [6.07, 6.45) is 3.62. The van der Waals surface area contributed by atoms with E-state index in [0.717, 1.165) is 19.5 Å². The first-order valence-corrected chi connectivity index (χ1v) is 7.33. The minimum atomic E-state index is 0.236. The molecule has 1 fully saturated rings. The normalized spacial score (nSPS) is 25.2. The van der Waals surface area contributed by atoms with Gasteiger partial charge in [-0.1, -0.05) is 37.6 Å². The molecule has 1 saturated heterocycles. The van der Waals surface area contributed by atoms with E-state index in [0.29, 0.717) is 12.6 Å². The van der Waals surface area contributed by atoms with Crippen LogP contribution in [0, 0.1) is 0 Å². The van der Waals surface area contributed by atoms with Crippen molar-refractivity contribution in [2.45, 2.75) is 44.9 Å². The summed E-state index contributed by atoms with van der Waals surface area (Å²) in [5.74, 6) is 0. The number of hydrogen-bond acceptors (Lipinski definition) is 3. The van der Waals surface area contributed by atoms with E-state index >= 15 is 0 Å². The lowest BCUT2D eigenvalue weighted by Gasteiger charge is -2.33. The Morgan fingerprint density at radius 2 is 2.21 bits per heavy atom. The summed E-state index contributed by atoms with van der Waals surface area (Å²) in [7, 11) is 1.74. The Kier molecular flexibility index (Phi) is 5.37. The number of benzene rings is 1. The molecule has 1 aliphatic heterocycles. The molecular weight excluding hydrogens is 236 g/mol. The van der Waals surface area contributed by atoms with Crippen molar-refractivity contribution < 1.29 is 4.74 Å². The van der Waals surface area contributed by atoms with E-state index in [-0.39, 0.29) is 6.04 Å². The summed E-state index contributed by atoms with van der Waals surface area (Å²) in [6, 6.07) is 9.28. The Morgan fingerprint density at radius 1 is 1.37 bits per heavy atom. The van der Waals surface area contributed by atoms with Crippen LogP contribution in [-0.4, -0.2) is 31.1 Å². The number of likely N-dealkylation sites (tertiary alicyclic amines) is 1. The lowest BCUT2D eigenvalue weighted by atomic mass is 9.95. The molecule has 0 amide bonds. The van der Waals surface area contributed by atoms with Crippen LogP contribution >= 0.6 is 0 Å². The fraction of sp³-hybridized carbons (Fsp3) is 0.625. The Morgan fingerprint density at radius 3 is 2.95 bits per heavy atom. The minimum Gasteiger partial charge on any atom is -0.380 e. The molecule has 2 rings (SSSR count). The van der Waals surface area contributed by atoms with E-state index in [1.54, 1.807) is 7.11 Å². The third-order valence-electron chi connectivity index (χ3n) is 4.04. The first-order chi connectivity index (χ1) is 9.26. The molecule has 0 aliphatic carbocycles. The van der Waals surface area contributed by atoms with Gasteiger partial charge in [0.25, 0.3) is 0 Å². The van der Waals surface area contributed by atoms with Gasteiger partial charge in [0, 0.05) is 19.2 Å². The van der Waals surface area contributed by atoms with Crippen LogP contribution in [0.1, 0.15) is 43.4 Å². The highest BCUT2D eigenvalue weighted by Gasteiger charge is 2.27. The summed E-state index contributed by atoms with van der Waals surface area (Å²) < 4.78 is 5.23. The topological polar surface area (TPSA) is 38.5 Å². The summed E-state index contributed by atoms with van der Waals surface area (Å²) in [5, 5.41) is 0. The molecule has 0 aromatic heterocycles. The highest BCUT2D eigenvalue weighted by atomic mass is 16.5. The van der Waals surface area contributed by atoms with Crippen molar-refractivity contribution in [2.24, 2.45) is 5.73 Å². The number of hydrogen-bond donors (Lipinski definition) is 1. The van der Waals surface area contributed by atoms with Crippen LogP contribution in [0.15, 0.2) is 24.3 Å². The Balaban J connectivity index is 2.26. The van der Waals surface area contributed by atoms with E-state index < -0.39 is 0 Å². The van der Waals surface area contributed by atoms with Crippen LogP contribution in [0.25, 0.3) is 0 Å². The van der Waals surface area contributed by atoms with Crippen LogP contribution in [0.4, 0.5) is 0 Å². The van der Waals surface area contributed by atoms with E-state index in [1.165, 1.54) is 24.0 Å². The monoisotopic (exact) mass is 262 g/mol. The quantitative estimate of drug-likeness (QED) is 0.906. The molecule has 3 nitrogen and oxygen atoms in total. The Bertz CT molecular complexity index is 394. The molecular formula is C16H26N2O. The maximum absolute atomic E-state index is 6.43. The maximum atomic E-state index is 6.43. The molecule has 1 aliphatic rings. The van der Waals surface area contributed by atoms with Gasteiger partial charge in [0.2, 0.25) is 0 Å². The third kappa shape index (κ3) is 3.56. The van der Waals surface area contributed by atoms with Crippen LogP contribution in [0.2, 0.25) is 0 Å². The molecule has 106 valence electrons. The predicted octanol–water partition coefficient (Wildman–Crippen LogP) is 2.71. The molecule has 0 bridgehead atoms. The number of nitrogens with two attached hydrogens (primary N) is 1. The SMILES string of the molecule is CCN1CCCCC(N)C1c1cccc(COC)c1. The lowest BCUT2D eigenvalue weighted by Crippen LogP contribution is -2.39. The molecule has 19 heavy (non-hydrogen) atoms. The molecule has 2 N–H and O–H groups in total. The Labute approximate surface area is 116 Å². The molecule has 1 heterocycles. The van der Waals surface area contributed by atoms with E-state index in [1.807, 2.05) is 0 Å². The van der Waals surface area contributed by atoms with Crippen LogP contribution in [-0.2, 0) is 11.3 Å². The van der Waals surface area contributed by atoms with Crippen molar-refractivity contribution >= 4 is 0 Å². The van der Waals surface area contributed by atoms with Gasteiger partial charge in [0.15, 0.2) is 0 Å². The number of rotatable bonds is 4. The second kappa shape index (κ2) is 7.04. The molecule has 2 atom stereocenters. The van der Waals surface area contributed by atoms with Crippen molar-refractivity contribution in [3.63, 3.8) is 0 Å². The standard InChI is InChI=1S/C16H26N2O/c1-3-18-10-5-4-9-15(17)16(18)14-8-6-7-13(11-14)12-19-2/h6-8,11,15-16H,3-5,9-10,12,17H2,1-2H3. The average molecular weight is 262 g/mol. The summed E-state index contributed by atoms with van der Waals surface area (Å²) in [5.41, 5.74) is 9.00. The van der Waals surface area contributed by atoms with Gasteiger partial charge in [-0.3, -0.25) is 4.90 Å². The zero-order chi connectivity index (χ0) is 13.7. The number of likely N-dealkylation sites (N-methyl/N-ethyl adjacent to an activating group) is 1. The van der Waals surface area contributed by atoms with Gasteiger partial charge in [-0.15, -0.1) is 0 Å². The summed E-state index contributed by atoms with van der Waals surface area (Å²) >= 11 is 0. The van der Waals surface area contributed by atoms with E-state index in [2.05, 4.69) is 36.1 Å². The van der Waals surface area contributed by atoms with Crippen molar-refractivity contribution in [1.29, 1.82) is 0 Å².